The summed E-state index contributed by atoms with van der Waals surface area (Å²) in [6.07, 6.45) is 1.69. The van der Waals surface area contributed by atoms with Gasteiger partial charge in [-0.15, -0.1) is 0 Å². The largest absolute Gasteiger partial charge is 0.354 e. The highest BCUT2D eigenvalue weighted by Crippen LogP contribution is 2.23. The fraction of sp³-hybridized carbons (Fsp3) is 0.286. The summed E-state index contributed by atoms with van der Waals surface area (Å²) in [5.41, 5.74) is 1.19. The Morgan fingerprint density at radius 2 is 1.64 bits per heavy atom. The Morgan fingerprint density at radius 1 is 0.949 bits per heavy atom. The van der Waals surface area contributed by atoms with Crippen molar-refractivity contribution in [2.75, 3.05) is 23.7 Å². The second-order valence-corrected chi connectivity index (χ2v) is 11.4. The van der Waals surface area contributed by atoms with E-state index in [1.54, 1.807) is 24.3 Å². The van der Waals surface area contributed by atoms with Crippen LogP contribution in [-0.4, -0.2) is 50.5 Å². The summed E-state index contributed by atoms with van der Waals surface area (Å²) >= 11 is 6.16. The number of carbonyl (C=O) groups excluding carboxylic acids is 2. The predicted molar refractivity (Wildman–Crippen MR) is 148 cm³/mol. The summed E-state index contributed by atoms with van der Waals surface area (Å²) in [6, 6.07) is 17.4. The monoisotopic (exact) mass is 577 g/mol. The molecular weight excluding hydrogens is 548 g/mol. The van der Waals surface area contributed by atoms with Gasteiger partial charge in [-0.25, -0.2) is 17.2 Å². The minimum atomic E-state index is -4.10. The minimum absolute atomic E-state index is 0.0498. The number of sulfonamides is 1. The van der Waals surface area contributed by atoms with Crippen molar-refractivity contribution in [1.82, 2.24) is 10.2 Å². The maximum atomic E-state index is 14.0. The van der Waals surface area contributed by atoms with Gasteiger partial charge < -0.3 is 10.2 Å². The number of nitrogens with one attached hydrogen (secondary N) is 1. The molecule has 0 saturated carbocycles. The first-order valence-electron chi connectivity index (χ1n) is 12.3. The van der Waals surface area contributed by atoms with Crippen LogP contribution < -0.4 is 9.62 Å². The Balaban J connectivity index is 2.05. The zero-order chi connectivity index (χ0) is 28.6. The molecule has 0 spiro atoms. The number of halogens is 3. The Morgan fingerprint density at radius 3 is 2.26 bits per heavy atom. The predicted octanol–water partition coefficient (Wildman–Crippen LogP) is 4.55. The lowest BCUT2D eigenvalue weighted by atomic mass is 10.0. The fourth-order valence-corrected chi connectivity index (χ4v) is 5.06. The average molecular weight is 578 g/mol. The summed E-state index contributed by atoms with van der Waals surface area (Å²) in [5.74, 6) is -3.53. The maximum Gasteiger partial charge on any atom is 0.244 e. The zero-order valence-corrected chi connectivity index (χ0v) is 23.2. The van der Waals surface area contributed by atoms with Gasteiger partial charge in [0.2, 0.25) is 21.8 Å². The third-order valence-corrected chi connectivity index (χ3v) is 7.31. The molecule has 3 rings (SSSR count). The van der Waals surface area contributed by atoms with E-state index in [9.17, 15) is 26.8 Å². The van der Waals surface area contributed by atoms with Crippen LogP contribution in [0.4, 0.5) is 14.5 Å². The molecule has 3 aromatic carbocycles. The van der Waals surface area contributed by atoms with E-state index in [4.69, 9.17) is 11.6 Å². The Kier molecular flexibility index (Phi) is 10.4. The van der Waals surface area contributed by atoms with Crippen LogP contribution in [0.1, 0.15) is 24.5 Å². The number of hydrogen-bond donors (Lipinski definition) is 1. The van der Waals surface area contributed by atoms with Crippen LogP contribution in [0, 0.1) is 11.6 Å². The van der Waals surface area contributed by atoms with E-state index in [1.807, 2.05) is 37.3 Å². The molecule has 2 amide bonds. The van der Waals surface area contributed by atoms with Gasteiger partial charge in [0.1, 0.15) is 12.6 Å². The van der Waals surface area contributed by atoms with E-state index < -0.39 is 46.1 Å². The third kappa shape index (κ3) is 8.49. The molecule has 1 N–H and O–H groups in total. The normalized spacial score (nSPS) is 12.0. The highest BCUT2D eigenvalue weighted by molar-refractivity contribution is 7.92. The summed E-state index contributed by atoms with van der Waals surface area (Å²) in [7, 11) is -4.10. The molecule has 1 unspecified atom stereocenters. The van der Waals surface area contributed by atoms with Crippen molar-refractivity contribution < 1.29 is 26.8 Å². The minimum Gasteiger partial charge on any atom is -0.354 e. The lowest BCUT2D eigenvalue weighted by Crippen LogP contribution is -2.53. The summed E-state index contributed by atoms with van der Waals surface area (Å²) in [4.78, 5) is 28.5. The topological polar surface area (TPSA) is 86.8 Å². The van der Waals surface area contributed by atoms with Crippen molar-refractivity contribution >= 4 is 39.1 Å². The third-order valence-electron chi connectivity index (χ3n) is 5.93. The molecule has 208 valence electrons. The SMILES string of the molecule is CCCNC(=O)C(Cc1ccccc1)N(Cc1cccc(Cl)c1)C(=O)CN(c1ccc(F)c(F)c1)S(C)(=O)=O. The molecule has 0 fully saturated rings. The quantitative estimate of drug-likeness (QED) is 0.342. The van der Waals surface area contributed by atoms with Gasteiger partial charge in [-0.2, -0.15) is 0 Å². The van der Waals surface area contributed by atoms with Crippen LogP contribution in [0.15, 0.2) is 72.8 Å². The number of carbonyl (C=O) groups is 2. The van der Waals surface area contributed by atoms with Gasteiger partial charge in [-0.3, -0.25) is 13.9 Å². The molecule has 0 heterocycles. The summed E-state index contributed by atoms with van der Waals surface area (Å²) in [5, 5.41) is 3.26. The average Bonchev–Trinajstić information content (AvgIpc) is 2.89. The maximum absolute atomic E-state index is 14.0. The highest BCUT2D eigenvalue weighted by atomic mass is 35.5. The van der Waals surface area contributed by atoms with Crippen LogP contribution in [-0.2, 0) is 32.6 Å². The molecular formula is C28H30ClF2N3O4S. The van der Waals surface area contributed by atoms with E-state index in [-0.39, 0.29) is 18.7 Å². The smallest absolute Gasteiger partial charge is 0.244 e. The van der Waals surface area contributed by atoms with Crippen molar-refractivity contribution in [3.8, 4) is 0 Å². The highest BCUT2D eigenvalue weighted by Gasteiger charge is 2.33. The van der Waals surface area contributed by atoms with Gasteiger partial charge in [-0.1, -0.05) is 61.0 Å². The molecule has 1 atom stereocenters. The second-order valence-electron chi connectivity index (χ2n) is 9.02. The number of anilines is 1. The van der Waals surface area contributed by atoms with Gasteiger partial charge in [0.25, 0.3) is 0 Å². The molecule has 0 aliphatic heterocycles. The van der Waals surface area contributed by atoms with Crippen molar-refractivity contribution in [3.05, 3.63) is 101 Å². The Bertz CT molecular complexity index is 1410. The summed E-state index contributed by atoms with van der Waals surface area (Å²) in [6.45, 7) is 1.49. The van der Waals surface area contributed by atoms with E-state index in [0.29, 0.717) is 33.9 Å². The van der Waals surface area contributed by atoms with Gasteiger partial charge in [0.05, 0.1) is 11.9 Å². The number of amides is 2. The van der Waals surface area contributed by atoms with Crippen LogP contribution >= 0.6 is 11.6 Å². The zero-order valence-electron chi connectivity index (χ0n) is 21.6. The lowest BCUT2D eigenvalue weighted by Gasteiger charge is -2.33. The van der Waals surface area contributed by atoms with E-state index >= 15 is 0 Å². The van der Waals surface area contributed by atoms with Crippen molar-refractivity contribution in [3.63, 3.8) is 0 Å². The van der Waals surface area contributed by atoms with E-state index in [1.165, 1.54) is 4.90 Å². The molecule has 39 heavy (non-hydrogen) atoms. The molecule has 0 saturated heterocycles. The van der Waals surface area contributed by atoms with Crippen LogP contribution in [0.2, 0.25) is 5.02 Å². The number of rotatable bonds is 12. The van der Waals surface area contributed by atoms with Crippen molar-refractivity contribution in [2.24, 2.45) is 0 Å². The van der Waals surface area contributed by atoms with Crippen LogP contribution in [0.5, 0.6) is 0 Å². The number of benzene rings is 3. The molecule has 7 nitrogen and oxygen atoms in total. The first kappa shape index (κ1) is 30.0. The van der Waals surface area contributed by atoms with Crippen LogP contribution in [0.25, 0.3) is 0 Å². The molecule has 3 aromatic rings. The van der Waals surface area contributed by atoms with Gasteiger partial charge >= 0.3 is 0 Å². The Hall–Kier alpha value is -3.50. The molecule has 0 radical (unpaired) electrons. The number of nitrogens with zero attached hydrogens (tertiary/aromatic N) is 2. The number of hydrogen-bond acceptors (Lipinski definition) is 4. The molecule has 0 bridgehead atoms. The molecule has 0 aliphatic carbocycles. The summed E-state index contributed by atoms with van der Waals surface area (Å²) < 4.78 is 53.6. The van der Waals surface area contributed by atoms with Crippen LogP contribution in [0.3, 0.4) is 0 Å². The molecule has 11 heteroatoms. The van der Waals surface area contributed by atoms with Gasteiger partial charge in [0.15, 0.2) is 11.6 Å². The molecule has 0 aromatic heterocycles. The first-order chi connectivity index (χ1) is 18.5. The lowest BCUT2D eigenvalue weighted by molar-refractivity contribution is -0.140. The molecule has 0 aliphatic rings. The first-order valence-corrected chi connectivity index (χ1v) is 14.5. The van der Waals surface area contributed by atoms with E-state index in [2.05, 4.69) is 5.32 Å². The van der Waals surface area contributed by atoms with Gasteiger partial charge in [-0.05, 0) is 41.8 Å². The van der Waals surface area contributed by atoms with Gasteiger partial charge in [0, 0.05) is 30.6 Å². The second kappa shape index (κ2) is 13.5. The standard InChI is InChI=1S/C28H30ClF2N3O4S/c1-3-14-32-28(36)26(16-20-8-5-4-6-9-20)33(18-21-10-7-11-22(29)15-21)27(35)19-34(39(2,37)38)23-12-13-24(30)25(31)17-23/h4-13,15,17,26H,3,14,16,18-19H2,1-2H3,(H,32,36). The van der Waals surface area contributed by atoms with E-state index in [0.717, 1.165) is 24.0 Å². The van der Waals surface area contributed by atoms with Crippen molar-refractivity contribution in [2.45, 2.75) is 32.4 Å². The fourth-order valence-electron chi connectivity index (χ4n) is 4.01. The van der Waals surface area contributed by atoms with Crippen molar-refractivity contribution in [1.29, 1.82) is 0 Å². The Labute approximate surface area is 232 Å².